The normalized spacial score (nSPS) is 15.2. The molecule has 0 spiro atoms. The van der Waals surface area contributed by atoms with E-state index in [1.54, 1.807) is 17.3 Å². The van der Waals surface area contributed by atoms with Crippen molar-refractivity contribution in [2.24, 2.45) is 0 Å². The fourth-order valence-electron chi connectivity index (χ4n) is 3.67. The second-order valence-electron chi connectivity index (χ2n) is 8.83. The van der Waals surface area contributed by atoms with Gasteiger partial charge in [0.1, 0.15) is 29.7 Å². The minimum atomic E-state index is -0.505. The Bertz CT molecular complexity index is 1100. The second kappa shape index (κ2) is 8.68. The van der Waals surface area contributed by atoms with Crippen LogP contribution in [0.15, 0.2) is 18.7 Å². The predicted molar refractivity (Wildman–Crippen MR) is 118 cm³/mol. The number of amides is 1. The standard InChI is InChI=1S/C22H29N7O3/c1-6-29-18(15-11-23-14(2)24-12-15)27-17-19(29)25-13-26-20(17)31-16-7-9-28(10-8-16)21(30)32-22(3,4)5/h11-13,16H,6-10H2,1-5H3. The fraction of sp³-hybridized carbons (Fsp3) is 0.545. The minimum Gasteiger partial charge on any atom is -0.473 e. The van der Waals surface area contributed by atoms with Gasteiger partial charge in [0, 0.05) is 44.9 Å². The molecule has 4 rings (SSSR count). The van der Waals surface area contributed by atoms with E-state index in [2.05, 4.69) is 19.9 Å². The summed E-state index contributed by atoms with van der Waals surface area (Å²) in [4.78, 5) is 36.2. The Balaban J connectivity index is 1.52. The number of ether oxygens (including phenoxy) is 2. The average Bonchev–Trinajstić information content (AvgIpc) is 3.13. The number of imidazole rings is 1. The van der Waals surface area contributed by atoms with E-state index >= 15 is 0 Å². The van der Waals surface area contributed by atoms with Gasteiger partial charge in [0.15, 0.2) is 11.2 Å². The van der Waals surface area contributed by atoms with Crippen LogP contribution in [0.3, 0.4) is 0 Å². The van der Waals surface area contributed by atoms with Crippen LogP contribution in [-0.2, 0) is 11.3 Å². The molecule has 0 aromatic carbocycles. The minimum absolute atomic E-state index is 0.0651. The van der Waals surface area contributed by atoms with Crippen LogP contribution in [0.25, 0.3) is 22.6 Å². The Morgan fingerprint density at radius 1 is 1.12 bits per heavy atom. The van der Waals surface area contributed by atoms with Gasteiger partial charge in [0.25, 0.3) is 0 Å². The third kappa shape index (κ3) is 4.63. The van der Waals surface area contributed by atoms with E-state index < -0.39 is 5.60 Å². The molecule has 1 amide bonds. The first-order chi connectivity index (χ1) is 15.2. The molecular weight excluding hydrogens is 410 g/mol. The Kier molecular flexibility index (Phi) is 5.94. The van der Waals surface area contributed by atoms with E-state index in [4.69, 9.17) is 14.5 Å². The molecule has 1 aliphatic heterocycles. The van der Waals surface area contributed by atoms with Crippen LogP contribution in [0.2, 0.25) is 0 Å². The van der Waals surface area contributed by atoms with Gasteiger partial charge >= 0.3 is 6.09 Å². The molecule has 1 fully saturated rings. The second-order valence-corrected chi connectivity index (χ2v) is 8.83. The fourth-order valence-corrected chi connectivity index (χ4v) is 3.67. The van der Waals surface area contributed by atoms with E-state index in [1.165, 1.54) is 6.33 Å². The summed E-state index contributed by atoms with van der Waals surface area (Å²) in [5.74, 6) is 1.88. The molecule has 0 saturated carbocycles. The quantitative estimate of drug-likeness (QED) is 0.609. The van der Waals surface area contributed by atoms with E-state index in [0.717, 1.165) is 11.4 Å². The zero-order chi connectivity index (χ0) is 22.9. The Morgan fingerprint density at radius 2 is 1.81 bits per heavy atom. The number of piperidine rings is 1. The molecule has 0 aliphatic carbocycles. The van der Waals surface area contributed by atoms with Crippen molar-refractivity contribution in [1.82, 2.24) is 34.4 Å². The van der Waals surface area contributed by atoms with Crippen molar-refractivity contribution in [3.63, 3.8) is 0 Å². The number of aromatic nitrogens is 6. The summed E-state index contributed by atoms with van der Waals surface area (Å²) < 4.78 is 13.7. The van der Waals surface area contributed by atoms with E-state index in [-0.39, 0.29) is 12.2 Å². The Morgan fingerprint density at radius 3 is 2.44 bits per heavy atom. The number of nitrogens with zero attached hydrogens (tertiary/aromatic N) is 7. The Labute approximate surface area is 187 Å². The number of fused-ring (bicyclic) bond motifs is 1. The molecule has 4 heterocycles. The van der Waals surface area contributed by atoms with Gasteiger partial charge in [-0.25, -0.2) is 24.7 Å². The first-order valence-electron chi connectivity index (χ1n) is 10.9. The van der Waals surface area contributed by atoms with Crippen molar-refractivity contribution < 1.29 is 14.3 Å². The van der Waals surface area contributed by atoms with Crippen LogP contribution in [0.1, 0.15) is 46.4 Å². The number of hydrogen-bond acceptors (Lipinski definition) is 8. The van der Waals surface area contributed by atoms with Crippen molar-refractivity contribution in [2.75, 3.05) is 13.1 Å². The summed E-state index contributed by atoms with van der Waals surface area (Å²) in [7, 11) is 0. The lowest BCUT2D eigenvalue weighted by Gasteiger charge is -2.33. The van der Waals surface area contributed by atoms with E-state index in [0.29, 0.717) is 55.3 Å². The molecular formula is C22H29N7O3. The molecule has 1 saturated heterocycles. The van der Waals surface area contributed by atoms with Crippen LogP contribution in [0.4, 0.5) is 4.79 Å². The molecule has 10 nitrogen and oxygen atoms in total. The monoisotopic (exact) mass is 439 g/mol. The van der Waals surface area contributed by atoms with Crippen molar-refractivity contribution >= 4 is 17.3 Å². The largest absolute Gasteiger partial charge is 0.473 e. The molecule has 1 aliphatic rings. The molecule has 3 aromatic rings. The third-order valence-corrected chi connectivity index (χ3v) is 5.23. The van der Waals surface area contributed by atoms with Gasteiger partial charge in [-0.1, -0.05) is 0 Å². The molecule has 3 aromatic heterocycles. The van der Waals surface area contributed by atoms with Gasteiger partial charge in [-0.2, -0.15) is 4.98 Å². The molecule has 0 bridgehead atoms. The molecule has 32 heavy (non-hydrogen) atoms. The van der Waals surface area contributed by atoms with Crippen molar-refractivity contribution in [1.29, 1.82) is 0 Å². The summed E-state index contributed by atoms with van der Waals surface area (Å²) >= 11 is 0. The van der Waals surface area contributed by atoms with E-state index in [1.807, 2.05) is 39.2 Å². The molecule has 0 radical (unpaired) electrons. The highest BCUT2D eigenvalue weighted by atomic mass is 16.6. The van der Waals surface area contributed by atoms with Crippen LogP contribution in [-0.4, -0.2) is 65.3 Å². The zero-order valence-corrected chi connectivity index (χ0v) is 19.2. The van der Waals surface area contributed by atoms with Crippen LogP contribution in [0, 0.1) is 6.92 Å². The number of aryl methyl sites for hydroxylation is 2. The maximum atomic E-state index is 12.3. The van der Waals surface area contributed by atoms with E-state index in [9.17, 15) is 4.79 Å². The number of carbonyl (C=O) groups is 1. The highest BCUT2D eigenvalue weighted by Crippen LogP contribution is 2.29. The van der Waals surface area contributed by atoms with Crippen molar-refractivity contribution in [3.05, 3.63) is 24.5 Å². The average molecular weight is 440 g/mol. The molecule has 0 unspecified atom stereocenters. The topological polar surface area (TPSA) is 108 Å². The summed E-state index contributed by atoms with van der Waals surface area (Å²) in [6.07, 6.45) is 6.05. The van der Waals surface area contributed by atoms with Gasteiger partial charge < -0.3 is 18.9 Å². The SMILES string of the molecule is CCn1c(-c2cnc(C)nc2)nc2c(OC3CCN(C(=O)OC(C)(C)C)CC3)ncnc21. The van der Waals surface area contributed by atoms with Crippen LogP contribution >= 0.6 is 0 Å². The lowest BCUT2D eigenvalue weighted by Crippen LogP contribution is -2.44. The summed E-state index contributed by atoms with van der Waals surface area (Å²) in [6, 6.07) is 0. The van der Waals surface area contributed by atoms with Crippen LogP contribution < -0.4 is 4.74 Å². The highest BCUT2D eigenvalue weighted by molar-refractivity contribution is 5.81. The van der Waals surface area contributed by atoms with Gasteiger partial charge in [0.05, 0.1) is 5.56 Å². The van der Waals surface area contributed by atoms with Gasteiger partial charge in [0.2, 0.25) is 5.88 Å². The molecule has 10 heteroatoms. The number of rotatable bonds is 4. The maximum Gasteiger partial charge on any atom is 0.410 e. The first kappa shape index (κ1) is 21.9. The lowest BCUT2D eigenvalue weighted by atomic mass is 10.1. The van der Waals surface area contributed by atoms with Gasteiger partial charge in [-0.05, 0) is 34.6 Å². The zero-order valence-electron chi connectivity index (χ0n) is 19.2. The number of carbonyl (C=O) groups excluding carboxylic acids is 1. The number of likely N-dealkylation sites (tertiary alicyclic amines) is 1. The smallest absolute Gasteiger partial charge is 0.410 e. The summed E-state index contributed by atoms with van der Waals surface area (Å²) in [5, 5.41) is 0. The Hall–Kier alpha value is -3.30. The molecule has 0 atom stereocenters. The maximum absolute atomic E-state index is 12.3. The first-order valence-corrected chi connectivity index (χ1v) is 10.9. The summed E-state index contributed by atoms with van der Waals surface area (Å²) in [5.41, 5.74) is 1.63. The molecule has 0 N–H and O–H groups in total. The lowest BCUT2D eigenvalue weighted by molar-refractivity contribution is 0.0124. The van der Waals surface area contributed by atoms with Crippen LogP contribution in [0.5, 0.6) is 5.88 Å². The van der Waals surface area contributed by atoms with Gasteiger partial charge in [-0.15, -0.1) is 0 Å². The third-order valence-electron chi connectivity index (χ3n) is 5.23. The van der Waals surface area contributed by atoms with Gasteiger partial charge in [-0.3, -0.25) is 0 Å². The molecule has 170 valence electrons. The number of hydrogen-bond donors (Lipinski definition) is 0. The van der Waals surface area contributed by atoms with Crippen molar-refractivity contribution in [3.8, 4) is 17.3 Å². The highest BCUT2D eigenvalue weighted by Gasteiger charge is 2.28. The summed E-state index contributed by atoms with van der Waals surface area (Å²) in [6.45, 7) is 11.3. The predicted octanol–water partition coefficient (Wildman–Crippen LogP) is 3.39. The van der Waals surface area contributed by atoms with Crippen molar-refractivity contribution in [2.45, 2.75) is 65.7 Å².